The summed E-state index contributed by atoms with van der Waals surface area (Å²) in [6.07, 6.45) is 0.0651. The SMILES string of the molecule is COc1ccc(F)c(OC)c1CCC(=O)O. The van der Waals surface area contributed by atoms with Crippen LogP contribution in [0.3, 0.4) is 0 Å². The van der Waals surface area contributed by atoms with Crippen molar-refractivity contribution in [2.75, 3.05) is 14.2 Å². The maximum Gasteiger partial charge on any atom is 0.303 e. The van der Waals surface area contributed by atoms with Crippen LogP contribution in [0.5, 0.6) is 11.5 Å². The lowest BCUT2D eigenvalue weighted by Gasteiger charge is -2.12. The van der Waals surface area contributed by atoms with E-state index in [4.69, 9.17) is 14.6 Å². The van der Waals surface area contributed by atoms with Gasteiger partial charge in [-0.05, 0) is 18.6 Å². The first-order valence-corrected chi connectivity index (χ1v) is 4.71. The molecular formula is C11H13FO4. The summed E-state index contributed by atoms with van der Waals surface area (Å²) in [6, 6.07) is 2.68. The van der Waals surface area contributed by atoms with Gasteiger partial charge in [-0.2, -0.15) is 0 Å². The van der Waals surface area contributed by atoms with Gasteiger partial charge in [-0.3, -0.25) is 4.79 Å². The van der Waals surface area contributed by atoms with Gasteiger partial charge < -0.3 is 14.6 Å². The molecule has 0 aromatic heterocycles. The van der Waals surface area contributed by atoms with Crippen LogP contribution in [-0.4, -0.2) is 25.3 Å². The minimum atomic E-state index is -0.951. The van der Waals surface area contributed by atoms with E-state index in [0.29, 0.717) is 11.3 Å². The standard InChI is InChI=1S/C11H13FO4/c1-15-9-5-4-8(12)11(16-2)7(9)3-6-10(13)14/h4-5H,3,6H2,1-2H3,(H,13,14). The van der Waals surface area contributed by atoms with Crippen LogP contribution in [-0.2, 0) is 11.2 Å². The molecule has 88 valence electrons. The third kappa shape index (κ3) is 2.62. The van der Waals surface area contributed by atoms with Gasteiger partial charge in [-0.1, -0.05) is 0 Å². The molecule has 16 heavy (non-hydrogen) atoms. The van der Waals surface area contributed by atoms with Gasteiger partial charge in [-0.15, -0.1) is 0 Å². The van der Waals surface area contributed by atoms with Gasteiger partial charge in [0.25, 0.3) is 0 Å². The number of hydrogen-bond acceptors (Lipinski definition) is 3. The van der Waals surface area contributed by atoms with E-state index >= 15 is 0 Å². The van der Waals surface area contributed by atoms with Crippen LogP contribution in [0.15, 0.2) is 12.1 Å². The summed E-state index contributed by atoms with van der Waals surface area (Å²) in [5.74, 6) is -1.00. The molecule has 0 heterocycles. The molecule has 1 aromatic rings. The zero-order chi connectivity index (χ0) is 12.1. The van der Waals surface area contributed by atoms with Gasteiger partial charge in [0.2, 0.25) is 0 Å². The molecule has 0 atom stereocenters. The van der Waals surface area contributed by atoms with Gasteiger partial charge in [0.15, 0.2) is 11.6 Å². The molecule has 1 aromatic carbocycles. The molecule has 0 bridgehead atoms. The number of methoxy groups -OCH3 is 2. The van der Waals surface area contributed by atoms with Crippen molar-refractivity contribution in [3.63, 3.8) is 0 Å². The predicted octanol–water partition coefficient (Wildman–Crippen LogP) is 1.86. The second-order valence-electron chi connectivity index (χ2n) is 3.16. The Morgan fingerprint density at radius 2 is 2.06 bits per heavy atom. The third-order valence-electron chi connectivity index (χ3n) is 2.18. The Morgan fingerprint density at radius 1 is 1.38 bits per heavy atom. The average molecular weight is 228 g/mol. The number of carboxylic acid groups (broad SMARTS) is 1. The minimum Gasteiger partial charge on any atom is -0.496 e. The minimum absolute atomic E-state index is 0.0422. The lowest BCUT2D eigenvalue weighted by molar-refractivity contribution is -0.136. The Hall–Kier alpha value is -1.78. The van der Waals surface area contributed by atoms with Gasteiger partial charge in [0.1, 0.15) is 5.75 Å². The molecule has 5 heteroatoms. The number of hydrogen-bond donors (Lipinski definition) is 1. The first-order chi connectivity index (χ1) is 7.60. The van der Waals surface area contributed by atoms with Crippen LogP contribution in [0.25, 0.3) is 0 Å². The molecule has 0 saturated heterocycles. The Bertz CT molecular complexity index is 390. The Kier molecular flexibility index (Phi) is 4.10. The largest absolute Gasteiger partial charge is 0.496 e. The first kappa shape index (κ1) is 12.3. The smallest absolute Gasteiger partial charge is 0.303 e. The van der Waals surface area contributed by atoms with Crippen LogP contribution in [0.4, 0.5) is 4.39 Å². The molecule has 0 spiro atoms. The maximum atomic E-state index is 13.4. The van der Waals surface area contributed by atoms with Crippen LogP contribution in [0.2, 0.25) is 0 Å². The highest BCUT2D eigenvalue weighted by Crippen LogP contribution is 2.32. The molecule has 4 nitrogen and oxygen atoms in total. The Morgan fingerprint density at radius 3 is 2.56 bits per heavy atom. The Balaban J connectivity index is 3.09. The van der Waals surface area contributed by atoms with Crippen molar-refractivity contribution in [3.05, 3.63) is 23.5 Å². The molecule has 0 radical (unpaired) electrons. The zero-order valence-electron chi connectivity index (χ0n) is 9.12. The molecule has 0 aliphatic carbocycles. The fourth-order valence-electron chi connectivity index (χ4n) is 1.46. The van der Waals surface area contributed by atoms with Crippen molar-refractivity contribution in [3.8, 4) is 11.5 Å². The van der Waals surface area contributed by atoms with Crippen molar-refractivity contribution in [2.45, 2.75) is 12.8 Å². The number of carbonyl (C=O) groups is 1. The number of rotatable bonds is 5. The van der Waals surface area contributed by atoms with E-state index in [1.807, 2.05) is 0 Å². The Labute approximate surface area is 92.6 Å². The van der Waals surface area contributed by atoms with Crippen LogP contribution < -0.4 is 9.47 Å². The highest BCUT2D eigenvalue weighted by Gasteiger charge is 2.15. The molecule has 0 aliphatic heterocycles. The topological polar surface area (TPSA) is 55.8 Å². The average Bonchev–Trinajstić information content (AvgIpc) is 2.26. The quantitative estimate of drug-likeness (QED) is 0.835. The van der Waals surface area contributed by atoms with Crippen LogP contribution in [0, 0.1) is 5.82 Å². The van der Waals surface area contributed by atoms with Crippen molar-refractivity contribution in [1.29, 1.82) is 0 Å². The second-order valence-corrected chi connectivity index (χ2v) is 3.16. The van der Waals surface area contributed by atoms with Crippen molar-refractivity contribution < 1.29 is 23.8 Å². The fraction of sp³-hybridized carbons (Fsp3) is 0.364. The molecule has 0 aliphatic rings. The summed E-state index contributed by atoms with van der Waals surface area (Å²) in [7, 11) is 2.78. The molecule has 0 saturated carbocycles. The fourth-order valence-corrected chi connectivity index (χ4v) is 1.46. The summed E-state index contributed by atoms with van der Waals surface area (Å²) in [5.41, 5.74) is 0.437. The number of halogens is 1. The number of benzene rings is 1. The maximum absolute atomic E-state index is 13.4. The van der Waals surface area contributed by atoms with Gasteiger partial charge in [-0.25, -0.2) is 4.39 Å². The number of ether oxygens (including phenoxy) is 2. The second kappa shape index (κ2) is 5.34. The van der Waals surface area contributed by atoms with E-state index in [1.54, 1.807) is 0 Å². The number of aliphatic carboxylic acids is 1. The van der Waals surface area contributed by atoms with E-state index in [-0.39, 0.29) is 18.6 Å². The monoisotopic (exact) mass is 228 g/mol. The van der Waals surface area contributed by atoms with Crippen molar-refractivity contribution in [2.24, 2.45) is 0 Å². The van der Waals surface area contributed by atoms with E-state index in [9.17, 15) is 9.18 Å². The lowest BCUT2D eigenvalue weighted by atomic mass is 10.1. The summed E-state index contributed by atoms with van der Waals surface area (Å²) >= 11 is 0. The van der Waals surface area contributed by atoms with E-state index < -0.39 is 11.8 Å². The van der Waals surface area contributed by atoms with E-state index in [2.05, 4.69) is 0 Å². The lowest BCUT2D eigenvalue weighted by Crippen LogP contribution is -2.03. The van der Waals surface area contributed by atoms with Crippen LogP contribution >= 0.6 is 0 Å². The first-order valence-electron chi connectivity index (χ1n) is 4.71. The number of carboxylic acids is 1. The zero-order valence-corrected chi connectivity index (χ0v) is 9.12. The van der Waals surface area contributed by atoms with Gasteiger partial charge >= 0.3 is 5.97 Å². The van der Waals surface area contributed by atoms with Crippen molar-refractivity contribution in [1.82, 2.24) is 0 Å². The normalized spacial score (nSPS) is 9.94. The molecule has 0 amide bonds. The van der Waals surface area contributed by atoms with Crippen molar-refractivity contribution >= 4 is 5.97 Å². The molecule has 0 unspecified atom stereocenters. The molecule has 0 fully saturated rings. The summed E-state index contributed by atoms with van der Waals surface area (Å²) < 4.78 is 23.3. The highest BCUT2D eigenvalue weighted by atomic mass is 19.1. The summed E-state index contributed by atoms with van der Waals surface area (Å²) in [6.45, 7) is 0. The molecule has 1 rings (SSSR count). The van der Waals surface area contributed by atoms with E-state index in [1.165, 1.54) is 26.4 Å². The predicted molar refractivity (Wildman–Crippen MR) is 55.5 cm³/mol. The summed E-state index contributed by atoms with van der Waals surface area (Å²) in [5, 5.41) is 8.60. The molecule has 1 N–H and O–H groups in total. The highest BCUT2D eigenvalue weighted by molar-refractivity contribution is 5.67. The van der Waals surface area contributed by atoms with Gasteiger partial charge in [0.05, 0.1) is 14.2 Å². The van der Waals surface area contributed by atoms with Crippen LogP contribution in [0.1, 0.15) is 12.0 Å². The third-order valence-corrected chi connectivity index (χ3v) is 2.18. The van der Waals surface area contributed by atoms with Gasteiger partial charge in [0, 0.05) is 12.0 Å². The molecular weight excluding hydrogens is 215 g/mol. The van der Waals surface area contributed by atoms with E-state index in [0.717, 1.165) is 0 Å². The summed E-state index contributed by atoms with van der Waals surface area (Å²) in [4.78, 5) is 10.5.